The molecular weight excluding hydrogens is 953 g/mol. The highest BCUT2D eigenvalue weighted by molar-refractivity contribution is 5.97. The first-order valence-electron chi connectivity index (χ1n) is 24.2. The van der Waals surface area contributed by atoms with Crippen molar-refractivity contribution in [3.8, 4) is 34.5 Å². The predicted octanol–water partition coefficient (Wildman–Crippen LogP) is 10.3. The second-order valence-corrected chi connectivity index (χ2v) is 16.5. The van der Waals surface area contributed by atoms with Crippen LogP contribution in [0.1, 0.15) is 106 Å². The van der Waals surface area contributed by atoms with Crippen molar-refractivity contribution in [3.63, 3.8) is 0 Å². The summed E-state index contributed by atoms with van der Waals surface area (Å²) in [6, 6.07) is 30.2. The summed E-state index contributed by atoms with van der Waals surface area (Å²) in [4.78, 5) is 86.4. The molecule has 74 heavy (non-hydrogen) atoms. The molecule has 0 fully saturated rings. The lowest BCUT2D eigenvalue weighted by atomic mass is 10.1. The maximum atomic E-state index is 13.1. The third kappa shape index (κ3) is 20.3. The maximum Gasteiger partial charge on any atom is 0.343 e. The van der Waals surface area contributed by atoms with Gasteiger partial charge in [0.2, 0.25) is 0 Å². The summed E-state index contributed by atoms with van der Waals surface area (Å²) in [6.07, 6.45) is 10.4. The first-order valence-corrected chi connectivity index (χ1v) is 24.2. The van der Waals surface area contributed by atoms with Crippen molar-refractivity contribution < 1.29 is 76.2 Å². The van der Waals surface area contributed by atoms with Crippen LogP contribution in [-0.2, 0) is 46.2 Å². The van der Waals surface area contributed by atoms with E-state index in [2.05, 4.69) is 13.2 Å². The zero-order valence-corrected chi connectivity index (χ0v) is 41.4. The van der Waals surface area contributed by atoms with Gasteiger partial charge in [0.25, 0.3) is 0 Å². The number of esters is 7. The van der Waals surface area contributed by atoms with Crippen LogP contribution in [-0.4, -0.2) is 75.3 Å². The van der Waals surface area contributed by atoms with Gasteiger partial charge in [0, 0.05) is 25.0 Å². The van der Waals surface area contributed by atoms with Crippen LogP contribution in [0, 0.1) is 0 Å². The molecule has 0 atom stereocenters. The Morgan fingerprint density at radius 3 is 1.23 bits per heavy atom. The third-order valence-electron chi connectivity index (χ3n) is 10.9. The summed E-state index contributed by atoms with van der Waals surface area (Å²) in [7, 11) is 1.14. The van der Waals surface area contributed by atoms with Gasteiger partial charge in [-0.3, -0.25) is 9.59 Å². The quantitative estimate of drug-likeness (QED) is 0.0133. The molecule has 5 aromatic carbocycles. The van der Waals surface area contributed by atoms with Gasteiger partial charge in [0.05, 0.1) is 44.7 Å². The maximum absolute atomic E-state index is 13.1. The molecule has 0 aliphatic carbocycles. The highest BCUT2D eigenvalue weighted by Crippen LogP contribution is 2.28. The van der Waals surface area contributed by atoms with Gasteiger partial charge in [-0.15, -0.1) is 0 Å². The molecule has 0 amide bonds. The van der Waals surface area contributed by atoms with Crippen LogP contribution >= 0.6 is 0 Å². The van der Waals surface area contributed by atoms with Crippen LogP contribution in [0.25, 0.3) is 0 Å². The number of aryl methyl sites for hydroxylation is 2. The minimum absolute atomic E-state index is 0.0403. The molecule has 0 spiro atoms. The largest absolute Gasteiger partial charge is 0.494 e. The fourth-order valence-electron chi connectivity index (χ4n) is 6.90. The molecule has 0 N–H and O–H groups in total. The van der Waals surface area contributed by atoms with Gasteiger partial charge in [-0.2, -0.15) is 0 Å². The van der Waals surface area contributed by atoms with Gasteiger partial charge < -0.3 is 42.6 Å². The molecule has 0 radical (unpaired) electrons. The van der Waals surface area contributed by atoms with Crippen molar-refractivity contribution in [1.29, 1.82) is 0 Å². The van der Waals surface area contributed by atoms with Crippen LogP contribution < -0.4 is 28.4 Å². The van der Waals surface area contributed by atoms with Crippen LogP contribution in [0.5, 0.6) is 34.5 Å². The summed E-state index contributed by atoms with van der Waals surface area (Å²) >= 11 is 0. The van der Waals surface area contributed by atoms with E-state index in [0.717, 1.165) is 93.3 Å². The van der Waals surface area contributed by atoms with E-state index in [1.165, 1.54) is 66.7 Å². The molecule has 0 heterocycles. The van der Waals surface area contributed by atoms with E-state index < -0.39 is 41.8 Å². The second kappa shape index (κ2) is 31.0. The van der Waals surface area contributed by atoms with Gasteiger partial charge >= 0.3 is 41.8 Å². The number of rotatable bonds is 31. The Morgan fingerprint density at radius 2 is 0.811 bits per heavy atom. The fraction of sp³-hybridized carbons (Fsp3) is 0.293. The first-order chi connectivity index (χ1) is 35.9. The molecule has 0 saturated heterocycles. The van der Waals surface area contributed by atoms with Crippen molar-refractivity contribution in [1.82, 2.24) is 0 Å². The summed E-state index contributed by atoms with van der Waals surface area (Å²) in [6.45, 7) is 8.60. The molecule has 0 aromatic heterocycles. The molecule has 388 valence electrons. The van der Waals surface area contributed by atoms with E-state index in [1.807, 2.05) is 48.5 Å². The summed E-state index contributed by atoms with van der Waals surface area (Å²) < 4.78 is 48.4. The Kier molecular flexibility index (Phi) is 23.7. The van der Waals surface area contributed by atoms with Crippen LogP contribution in [0.2, 0.25) is 0 Å². The Labute approximate surface area is 430 Å². The average molecular weight is 1010 g/mol. The summed E-state index contributed by atoms with van der Waals surface area (Å²) in [5.41, 5.74) is 1.88. The molecule has 0 aliphatic rings. The lowest BCUT2D eigenvalue weighted by molar-refractivity contribution is -0.138. The van der Waals surface area contributed by atoms with E-state index in [9.17, 15) is 33.6 Å². The number of carbonyl (C=O) groups excluding carboxylic acids is 7. The lowest BCUT2D eigenvalue weighted by Gasteiger charge is -2.12. The van der Waals surface area contributed by atoms with Gasteiger partial charge in [-0.05, 0) is 166 Å². The third-order valence-corrected chi connectivity index (χ3v) is 10.9. The Morgan fingerprint density at radius 1 is 0.419 bits per heavy atom. The van der Waals surface area contributed by atoms with Crippen molar-refractivity contribution >= 4 is 41.8 Å². The van der Waals surface area contributed by atoms with Crippen LogP contribution in [0.4, 0.5) is 0 Å². The second-order valence-electron chi connectivity index (χ2n) is 16.5. The van der Waals surface area contributed by atoms with E-state index in [-0.39, 0.29) is 52.5 Å². The fourth-order valence-corrected chi connectivity index (χ4v) is 6.90. The highest BCUT2D eigenvalue weighted by Gasteiger charge is 2.21. The van der Waals surface area contributed by atoms with Gasteiger partial charge in [0.15, 0.2) is 0 Å². The molecule has 0 aliphatic heterocycles. The number of benzene rings is 5. The number of methoxy groups -OCH3 is 1. The molecule has 0 saturated carbocycles. The minimum Gasteiger partial charge on any atom is -0.494 e. The van der Waals surface area contributed by atoms with E-state index >= 15 is 0 Å². The van der Waals surface area contributed by atoms with Crippen molar-refractivity contribution in [2.24, 2.45) is 0 Å². The highest BCUT2D eigenvalue weighted by atomic mass is 16.6. The van der Waals surface area contributed by atoms with E-state index in [4.69, 9.17) is 42.6 Å². The smallest absolute Gasteiger partial charge is 0.343 e. The van der Waals surface area contributed by atoms with Gasteiger partial charge in [-0.25, -0.2) is 24.0 Å². The number of unbranched alkanes of at least 4 members (excludes halogenated alkanes) is 6. The molecule has 0 unspecified atom stereocenters. The van der Waals surface area contributed by atoms with Crippen LogP contribution in [0.3, 0.4) is 0 Å². The van der Waals surface area contributed by atoms with E-state index in [1.54, 1.807) is 0 Å². The first kappa shape index (κ1) is 56.4. The van der Waals surface area contributed by atoms with Crippen molar-refractivity contribution in [2.75, 3.05) is 33.5 Å². The minimum atomic E-state index is -0.860. The Balaban J connectivity index is 1.00. The monoisotopic (exact) mass is 1010 g/mol. The number of hydrogen-bond acceptors (Lipinski definition) is 16. The van der Waals surface area contributed by atoms with Crippen molar-refractivity contribution in [3.05, 3.63) is 168 Å². The SMILES string of the molecule is C=CC(=O)OCCCCCCOc1ccc(CCC(=O)Oc2ccc(C(=O)Oc3ccc(OC(=O)c4ccc(OC(=O)CCc5ccc(OCCCCCCOC(=O)C=C)cc5)cc4)c(C(=O)OC)c3)cc2)cc1. The zero-order chi connectivity index (χ0) is 52.9. The zero-order valence-electron chi connectivity index (χ0n) is 41.4. The number of carbonyl (C=O) groups is 7. The van der Waals surface area contributed by atoms with Gasteiger partial charge in [0.1, 0.15) is 40.1 Å². The molecule has 16 heteroatoms. The normalized spacial score (nSPS) is 10.5. The number of ether oxygens (including phenoxy) is 9. The van der Waals surface area contributed by atoms with Crippen LogP contribution in [0.15, 0.2) is 141 Å². The average Bonchev–Trinajstić information content (AvgIpc) is 3.42. The molecule has 16 nitrogen and oxygen atoms in total. The Hall–Kier alpha value is -8.53. The predicted molar refractivity (Wildman–Crippen MR) is 272 cm³/mol. The Bertz CT molecular complexity index is 2650. The van der Waals surface area contributed by atoms with Gasteiger partial charge in [-0.1, -0.05) is 37.4 Å². The molecule has 0 bridgehead atoms. The lowest BCUT2D eigenvalue weighted by Crippen LogP contribution is -2.14. The summed E-state index contributed by atoms with van der Waals surface area (Å²) in [5, 5.41) is 0. The molecule has 5 rings (SSSR count). The molecule has 5 aromatic rings. The van der Waals surface area contributed by atoms with E-state index in [0.29, 0.717) is 39.3 Å². The summed E-state index contributed by atoms with van der Waals surface area (Å²) in [5.74, 6) is -2.53. The molecular formula is C58H60O16. The van der Waals surface area contributed by atoms with Crippen molar-refractivity contribution in [2.45, 2.75) is 77.0 Å². The topological polar surface area (TPSA) is 203 Å². The standard InChI is InChI=1S/C58H60O16/c1-4-52(59)69-38-12-8-6-10-36-67-45-24-14-41(15-25-45)18-34-54(61)71-47-28-20-43(21-29-47)56(63)73-49-32-33-51(50(40-49)58(65)66-3)74-57(64)44-22-30-48(31-23-44)72-55(62)35-19-42-16-26-46(27-17-42)68-37-11-7-9-13-39-70-53(60)5-2/h4-5,14-17,20-33,40H,1-2,6-13,18-19,34-39H2,3H3. The number of hydrogen-bond donors (Lipinski definition) is 0.